The Morgan fingerprint density at radius 1 is 0.689 bits per heavy atom. The van der Waals surface area contributed by atoms with Crippen LogP contribution >= 0.6 is 0 Å². The van der Waals surface area contributed by atoms with Crippen LogP contribution in [0.15, 0.2) is 108 Å². The lowest BCUT2D eigenvalue weighted by molar-refractivity contribution is 0.189. The van der Waals surface area contributed by atoms with E-state index in [2.05, 4.69) is 113 Å². The summed E-state index contributed by atoms with van der Waals surface area (Å²) in [6.07, 6.45) is 20.5. The highest BCUT2D eigenvalue weighted by atomic mass is 28.4. The lowest BCUT2D eigenvalue weighted by atomic mass is 10.0. The standard InChI is InChI=1S/C41H57NO2Si/c1-5-6-7-8-9-10-11-12-13-14-15-16-26-33-39-38(42-40(44-39)35-27-20-17-21-28-35)34-43-45(41(2,3)4,36-29-22-18-23-30-36)37-31-24-19-25-32-37/h17-33,38-39H,5-16,34H2,1-4H3/b33-26+/t38-,39+/m0/s1. The van der Waals surface area contributed by atoms with Crippen molar-refractivity contribution in [2.24, 2.45) is 4.99 Å². The largest absolute Gasteiger partial charge is 0.468 e. The van der Waals surface area contributed by atoms with Gasteiger partial charge in [-0.3, -0.25) is 0 Å². The maximum Gasteiger partial charge on any atom is 0.261 e. The Morgan fingerprint density at radius 3 is 1.69 bits per heavy atom. The molecule has 45 heavy (non-hydrogen) atoms. The average molecular weight is 624 g/mol. The van der Waals surface area contributed by atoms with Gasteiger partial charge in [0, 0.05) is 5.56 Å². The van der Waals surface area contributed by atoms with Crippen LogP contribution in [0.2, 0.25) is 5.04 Å². The third-order valence-corrected chi connectivity index (χ3v) is 14.1. The van der Waals surface area contributed by atoms with Gasteiger partial charge < -0.3 is 9.16 Å². The van der Waals surface area contributed by atoms with Gasteiger partial charge in [-0.2, -0.15) is 0 Å². The molecule has 242 valence electrons. The monoisotopic (exact) mass is 623 g/mol. The topological polar surface area (TPSA) is 30.8 Å². The minimum Gasteiger partial charge on any atom is -0.468 e. The summed E-state index contributed by atoms with van der Waals surface area (Å²) in [5, 5.41) is 2.50. The van der Waals surface area contributed by atoms with Crippen molar-refractivity contribution in [1.82, 2.24) is 0 Å². The summed E-state index contributed by atoms with van der Waals surface area (Å²) >= 11 is 0. The molecule has 0 aliphatic carbocycles. The Morgan fingerprint density at radius 2 is 1.18 bits per heavy atom. The lowest BCUT2D eigenvalue weighted by Crippen LogP contribution is -2.67. The molecule has 1 heterocycles. The Labute approximate surface area is 275 Å². The fourth-order valence-corrected chi connectivity index (χ4v) is 11.2. The number of allylic oxidation sites excluding steroid dienone is 1. The number of nitrogens with zero attached hydrogens (tertiary/aromatic N) is 1. The van der Waals surface area contributed by atoms with Gasteiger partial charge in [-0.1, -0.05) is 177 Å². The van der Waals surface area contributed by atoms with E-state index in [-0.39, 0.29) is 17.2 Å². The number of unbranched alkanes of at least 4 members (excludes halogenated alkanes) is 11. The maximum absolute atomic E-state index is 7.30. The number of hydrogen-bond acceptors (Lipinski definition) is 3. The lowest BCUT2D eigenvalue weighted by Gasteiger charge is -2.43. The quantitative estimate of drug-likeness (QED) is 0.0756. The molecule has 0 bridgehead atoms. The number of hydrogen-bond donors (Lipinski definition) is 0. The zero-order valence-corrected chi connectivity index (χ0v) is 29.4. The molecule has 0 unspecified atom stereocenters. The second kappa shape index (κ2) is 18.3. The third-order valence-electron chi connectivity index (χ3n) is 9.12. The molecule has 0 fully saturated rings. The van der Waals surface area contributed by atoms with Crippen molar-refractivity contribution >= 4 is 24.6 Å². The smallest absolute Gasteiger partial charge is 0.261 e. The van der Waals surface area contributed by atoms with E-state index in [0.717, 1.165) is 17.9 Å². The highest BCUT2D eigenvalue weighted by molar-refractivity contribution is 6.99. The van der Waals surface area contributed by atoms with Crippen molar-refractivity contribution in [3.05, 3.63) is 109 Å². The fraction of sp³-hybridized carbons (Fsp3) is 0.488. The predicted molar refractivity (Wildman–Crippen MR) is 195 cm³/mol. The van der Waals surface area contributed by atoms with Gasteiger partial charge in [0.2, 0.25) is 5.90 Å². The van der Waals surface area contributed by atoms with Gasteiger partial charge in [0.15, 0.2) is 0 Å². The van der Waals surface area contributed by atoms with Crippen LogP contribution in [-0.4, -0.2) is 33.0 Å². The van der Waals surface area contributed by atoms with Gasteiger partial charge in [-0.25, -0.2) is 4.99 Å². The van der Waals surface area contributed by atoms with Gasteiger partial charge in [0.25, 0.3) is 8.32 Å². The van der Waals surface area contributed by atoms with E-state index in [1.165, 1.54) is 81.0 Å². The highest BCUT2D eigenvalue weighted by Gasteiger charge is 2.51. The van der Waals surface area contributed by atoms with Crippen LogP contribution in [0.5, 0.6) is 0 Å². The Bertz CT molecular complexity index is 1240. The summed E-state index contributed by atoms with van der Waals surface area (Å²) in [5.74, 6) is 0.719. The van der Waals surface area contributed by atoms with Crippen LogP contribution < -0.4 is 10.4 Å². The first-order valence-electron chi connectivity index (χ1n) is 17.7. The second-order valence-corrected chi connectivity index (χ2v) is 18.0. The third kappa shape index (κ3) is 10.0. The zero-order chi connectivity index (χ0) is 31.8. The number of benzene rings is 3. The van der Waals surface area contributed by atoms with Crippen LogP contribution in [0.1, 0.15) is 110 Å². The molecule has 0 amide bonds. The summed E-state index contributed by atoms with van der Waals surface area (Å²) in [7, 11) is -2.67. The van der Waals surface area contributed by atoms with Crippen molar-refractivity contribution in [1.29, 1.82) is 0 Å². The normalized spacial score (nSPS) is 17.0. The van der Waals surface area contributed by atoms with Crippen molar-refractivity contribution in [3.63, 3.8) is 0 Å². The minimum atomic E-state index is -2.67. The number of ether oxygens (including phenoxy) is 1. The molecule has 4 rings (SSSR count). The number of aliphatic imine (C=N–C) groups is 1. The molecule has 3 aromatic carbocycles. The molecule has 1 aliphatic heterocycles. The van der Waals surface area contributed by atoms with Crippen LogP contribution in [0, 0.1) is 0 Å². The molecule has 4 heteroatoms. The highest BCUT2D eigenvalue weighted by Crippen LogP contribution is 2.37. The van der Waals surface area contributed by atoms with E-state index < -0.39 is 8.32 Å². The van der Waals surface area contributed by atoms with Crippen molar-refractivity contribution in [2.75, 3.05) is 6.61 Å². The van der Waals surface area contributed by atoms with Gasteiger partial charge >= 0.3 is 0 Å². The average Bonchev–Trinajstić information content (AvgIpc) is 3.47. The molecule has 0 aromatic heterocycles. The molecule has 3 aromatic rings. The van der Waals surface area contributed by atoms with E-state index in [0.29, 0.717) is 6.61 Å². The molecular formula is C41H57NO2Si. The first kappa shape index (κ1) is 34.9. The molecule has 0 spiro atoms. The van der Waals surface area contributed by atoms with Crippen LogP contribution in [0.25, 0.3) is 0 Å². The molecule has 0 saturated carbocycles. The molecule has 0 N–H and O–H groups in total. The van der Waals surface area contributed by atoms with Gasteiger partial charge in [0.05, 0.1) is 6.61 Å². The van der Waals surface area contributed by atoms with Crippen LogP contribution in [-0.2, 0) is 9.16 Å². The van der Waals surface area contributed by atoms with Crippen molar-refractivity contribution in [3.8, 4) is 0 Å². The van der Waals surface area contributed by atoms with Crippen molar-refractivity contribution < 1.29 is 9.16 Å². The molecular weight excluding hydrogens is 567 g/mol. The summed E-state index contributed by atoms with van der Waals surface area (Å²) in [6.45, 7) is 9.78. The Hall–Kier alpha value is -2.95. The minimum absolute atomic E-state index is 0.0818. The summed E-state index contributed by atoms with van der Waals surface area (Å²) in [4.78, 5) is 5.13. The molecule has 0 radical (unpaired) electrons. The summed E-state index contributed by atoms with van der Waals surface area (Å²) in [5.41, 5.74) is 1.02. The molecule has 3 nitrogen and oxygen atoms in total. The van der Waals surface area contributed by atoms with E-state index in [4.69, 9.17) is 14.2 Å². The molecule has 0 saturated heterocycles. The molecule has 1 aliphatic rings. The Kier molecular flexibility index (Phi) is 14.2. The molecule has 2 atom stereocenters. The SMILES string of the molecule is CCCCCCCCCCCCC/C=C/[C@H]1OC(c2ccccc2)=N[C@H]1CO[Si](c1ccccc1)(c1ccccc1)C(C)(C)C. The van der Waals surface area contributed by atoms with Gasteiger partial charge in [-0.05, 0) is 46.5 Å². The Balaban J connectivity index is 1.41. The van der Waals surface area contributed by atoms with Gasteiger partial charge in [-0.15, -0.1) is 0 Å². The summed E-state index contributed by atoms with van der Waals surface area (Å²) in [6, 6.07) is 31.9. The first-order chi connectivity index (χ1) is 22.0. The fourth-order valence-electron chi connectivity index (χ4n) is 6.61. The van der Waals surface area contributed by atoms with E-state index in [1.54, 1.807) is 0 Å². The van der Waals surface area contributed by atoms with Crippen molar-refractivity contribution in [2.45, 2.75) is 122 Å². The predicted octanol–water partition coefficient (Wildman–Crippen LogP) is 10.0. The van der Waals surface area contributed by atoms with E-state index >= 15 is 0 Å². The summed E-state index contributed by atoms with van der Waals surface area (Å²) < 4.78 is 13.8. The maximum atomic E-state index is 7.30. The van der Waals surface area contributed by atoms with Crippen LogP contribution in [0.3, 0.4) is 0 Å². The van der Waals surface area contributed by atoms with E-state index in [1.807, 2.05) is 18.2 Å². The van der Waals surface area contributed by atoms with Crippen LogP contribution in [0.4, 0.5) is 0 Å². The van der Waals surface area contributed by atoms with E-state index in [9.17, 15) is 0 Å². The first-order valence-corrected chi connectivity index (χ1v) is 19.6. The number of rotatable bonds is 19. The zero-order valence-electron chi connectivity index (χ0n) is 28.4. The second-order valence-electron chi connectivity index (χ2n) is 13.7. The van der Waals surface area contributed by atoms with Gasteiger partial charge in [0.1, 0.15) is 12.1 Å².